The number of nitrogens with one attached hydrogen (secondary N) is 4. The Hall–Kier alpha value is -15.9. The van der Waals surface area contributed by atoms with Crippen LogP contribution >= 0.6 is 47.8 Å². The Kier molecular flexibility index (Phi) is 39.0. The number of anilines is 5. The number of rotatable bonds is 17. The highest BCUT2D eigenvalue weighted by atomic mass is 79.9. The number of aromatic carboxylic acids is 3. The number of nitrogens with zero attached hydrogens (tertiary/aromatic N) is 16. The van der Waals surface area contributed by atoms with Crippen molar-refractivity contribution in [2.75, 3.05) is 81.0 Å². The van der Waals surface area contributed by atoms with Gasteiger partial charge in [0.05, 0.1) is 47.0 Å². The summed E-state index contributed by atoms with van der Waals surface area (Å²) in [6.07, 6.45) is 24.9. The van der Waals surface area contributed by atoms with Crippen molar-refractivity contribution in [3.63, 3.8) is 0 Å². The summed E-state index contributed by atoms with van der Waals surface area (Å²) in [5, 5.41) is 71.7. The van der Waals surface area contributed by atoms with Gasteiger partial charge in [-0.2, -0.15) is 20.4 Å². The number of hydrogen-bond acceptors (Lipinski definition) is 28. The lowest BCUT2D eigenvalue weighted by molar-refractivity contribution is 0.0291. The molecule has 4 aliphatic heterocycles. The van der Waals surface area contributed by atoms with Crippen LogP contribution in [0.15, 0.2) is 258 Å². The van der Waals surface area contributed by atoms with Crippen molar-refractivity contribution in [2.24, 2.45) is 33.9 Å². The number of benzene rings is 5. The smallest absolute Gasteiger partial charge is 0.478 e. The number of hydrogen-bond donors (Lipinski definition) is 15. The van der Waals surface area contributed by atoms with E-state index < -0.39 is 30.6 Å². The van der Waals surface area contributed by atoms with E-state index in [0.717, 1.165) is 91.5 Å². The fraction of sp³-hybridized carbons (Fsp3) is 0.240. The number of amides is 6. The Morgan fingerprint density at radius 3 is 1.06 bits per heavy atom. The molecule has 4 saturated heterocycles. The van der Waals surface area contributed by atoms with Gasteiger partial charge in [0, 0.05) is 223 Å². The number of ether oxygens (including phenoxy) is 1. The topological polar surface area (TPSA) is 614 Å². The van der Waals surface area contributed by atoms with Gasteiger partial charge in [-0.1, -0.05) is 105 Å². The molecule has 21 N–H and O–H groups in total. The minimum Gasteiger partial charge on any atom is -0.478 e. The third kappa shape index (κ3) is 32.5. The molecule has 0 spiro atoms. The molecule has 13 heterocycles. The number of carbonyl (C=O) groups excluding carboxylic acids is 6. The molecule has 45 heteroatoms. The molecule has 5 aromatic carbocycles. The summed E-state index contributed by atoms with van der Waals surface area (Å²) in [6.45, 7) is 10.7. The first-order valence-electron chi connectivity index (χ1n) is 45.2. The molecule has 0 radical (unpaired) electrons. The first-order chi connectivity index (χ1) is 69.1. The average Bonchev–Trinajstić information content (AvgIpc) is 1.74. The van der Waals surface area contributed by atoms with E-state index in [1.54, 1.807) is 169 Å². The third-order valence-corrected chi connectivity index (χ3v) is 23.8. The van der Waals surface area contributed by atoms with Crippen LogP contribution in [0.2, 0.25) is 0 Å². The number of pyridine rings is 5. The average molecular weight is 2170 g/mol. The van der Waals surface area contributed by atoms with E-state index in [1.807, 2.05) is 133 Å². The van der Waals surface area contributed by atoms with Crippen molar-refractivity contribution < 1.29 is 73.3 Å². The molecule has 0 saturated carbocycles. The van der Waals surface area contributed by atoms with Crippen molar-refractivity contribution in [3.05, 3.63) is 302 Å². The van der Waals surface area contributed by atoms with Crippen LogP contribution in [0.5, 0.6) is 0 Å². The normalized spacial score (nSPS) is 14.7. The maximum atomic E-state index is 13.0. The second-order valence-corrected chi connectivity index (χ2v) is 37.3. The second kappa shape index (κ2) is 51.7. The maximum Gasteiger partial charge on any atom is 0.488 e. The molecule has 18 rings (SSSR count). The van der Waals surface area contributed by atoms with Gasteiger partial charge in [-0.05, 0) is 177 Å². The summed E-state index contributed by atoms with van der Waals surface area (Å²) in [6, 6.07) is 48.1. The molecule has 9 aromatic heterocycles. The minimum atomic E-state index is -1.34. The van der Waals surface area contributed by atoms with Crippen LogP contribution in [0.4, 0.5) is 33.9 Å². The van der Waals surface area contributed by atoms with E-state index in [1.165, 1.54) is 24.5 Å². The Bertz CT molecular complexity index is 6830. The highest BCUT2D eigenvalue weighted by Crippen LogP contribution is 2.30. The van der Waals surface area contributed by atoms with E-state index in [4.69, 9.17) is 64.5 Å². The minimum absolute atomic E-state index is 0.00125. The number of aromatic nitrogens is 13. The summed E-state index contributed by atoms with van der Waals surface area (Å²) < 4.78 is 14.3. The van der Waals surface area contributed by atoms with Crippen LogP contribution in [-0.4, -0.2) is 247 Å². The molecule has 4 aliphatic rings. The van der Waals surface area contributed by atoms with Crippen molar-refractivity contribution >= 4 is 143 Å². The lowest BCUT2D eigenvalue weighted by Gasteiger charge is -2.24. The zero-order valence-corrected chi connectivity index (χ0v) is 84.8. The molecule has 6 amide bonds. The second-order valence-electron chi connectivity index (χ2n) is 34.5. The molecule has 4 atom stereocenters. The fourth-order valence-electron chi connectivity index (χ4n) is 14.7. The SMILES string of the molecule is CC(C)(C)OC(=O)N1CC[C@@H](N)C1.Cn1cc(-c2cnc(N)c(C(=O)N[C@@H]3CCN(C(=O)c4ccc(-c5ccccc5)cc4)C3)c2)cn1.Cn1cc(-c2cnc(N)c(C(=O)N[C@@H]3CCN(C(=O)c4ccc(Br)cc4)C3)c2)cn1.Cn1cc(-c2cnc(N)c(C(=O)N[C@@H]3CCNC3)c2)cn1.Cn1cc(-c2cnc(N)c(C(=O)O)c2)cn1.Nc1ncc(Br)cc1C(=O)O.O=C(O)c1ccc(Br)cc1.OB(O)c1ccccc1. The van der Waals surface area contributed by atoms with Gasteiger partial charge in [-0.25, -0.2) is 44.1 Å². The lowest BCUT2D eigenvalue weighted by Crippen LogP contribution is -2.38. The van der Waals surface area contributed by atoms with E-state index in [0.29, 0.717) is 94.4 Å². The number of nitrogens with two attached hydrogens (primary N) is 6. The van der Waals surface area contributed by atoms with Crippen LogP contribution < -0.4 is 61.1 Å². The van der Waals surface area contributed by atoms with Gasteiger partial charge < -0.3 is 100 Å². The number of likely N-dealkylation sites (tertiary alicyclic amines) is 3. The van der Waals surface area contributed by atoms with Gasteiger partial charge in [0.2, 0.25) is 0 Å². The van der Waals surface area contributed by atoms with Gasteiger partial charge in [0.15, 0.2) is 0 Å². The van der Waals surface area contributed by atoms with E-state index in [2.05, 4.69) is 114 Å². The number of carboxylic acids is 3. The molecular weight excluding hydrogens is 2060 g/mol. The number of aryl methyl sites for hydroxylation is 4. The van der Waals surface area contributed by atoms with Crippen LogP contribution in [0.1, 0.15) is 129 Å². The van der Waals surface area contributed by atoms with Crippen molar-refractivity contribution in [2.45, 2.75) is 76.2 Å². The fourth-order valence-corrected chi connectivity index (χ4v) is 15.6. The Balaban J connectivity index is 0.000000165. The zero-order chi connectivity index (χ0) is 105. The Morgan fingerprint density at radius 2 is 0.731 bits per heavy atom. The molecule has 0 unspecified atom stereocenters. The highest BCUT2D eigenvalue weighted by molar-refractivity contribution is 9.11. The van der Waals surface area contributed by atoms with Crippen LogP contribution in [0.25, 0.3) is 55.6 Å². The summed E-state index contributed by atoms with van der Waals surface area (Å²) >= 11 is 9.66. The van der Waals surface area contributed by atoms with Gasteiger partial charge >= 0.3 is 31.1 Å². The number of halogens is 3. The van der Waals surface area contributed by atoms with E-state index in [-0.39, 0.29) is 100 Å². The van der Waals surface area contributed by atoms with Crippen molar-refractivity contribution in [1.82, 2.24) is 100 Å². The van der Waals surface area contributed by atoms with E-state index in [9.17, 15) is 43.2 Å². The molecule has 0 aliphatic carbocycles. The first-order valence-corrected chi connectivity index (χ1v) is 47.6. The molecule has 754 valence electrons. The summed E-state index contributed by atoms with van der Waals surface area (Å²) in [7, 11) is 5.93. The van der Waals surface area contributed by atoms with Crippen LogP contribution in [-0.2, 0) is 32.9 Å². The molecular formula is C100H110BBr3N26O15. The molecule has 4 fully saturated rings. The van der Waals surface area contributed by atoms with Crippen LogP contribution in [0, 0.1) is 0 Å². The number of carboxylic acid groups (broad SMARTS) is 3. The monoisotopic (exact) mass is 2160 g/mol. The quantitative estimate of drug-likeness (QED) is 0.0377. The Morgan fingerprint density at radius 1 is 0.386 bits per heavy atom. The largest absolute Gasteiger partial charge is 0.488 e. The van der Waals surface area contributed by atoms with Crippen LogP contribution in [0.3, 0.4) is 0 Å². The van der Waals surface area contributed by atoms with Crippen molar-refractivity contribution in [1.29, 1.82) is 0 Å². The molecule has 41 nitrogen and oxygen atoms in total. The molecule has 145 heavy (non-hydrogen) atoms. The highest BCUT2D eigenvalue weighted by Gasteiger charge is 2.33. The Labute approximate surface area is 859 Å². The van der Waals surface area contributed by atoms with Crippen molar-refractivity contribution in [3.8, 4) is 55.6 Å². The van der Waals surface area contributed by atoms with Gasteiger partial charge in [-0.3, -0.25) is 42.7 Å². The lowest BCUT2D eigenvalue weighted by atomic mass is 9.81. The maximum absolute atomic E-state index is 13.0. The number of carbonyl (C=O) groups is 9. The predicted molar refractivity (Wildman–Crippen MR) is 560 cm³/mol. The first kappa shape index (κ1) is 109. The van der Waals surface area contributed by atoms with Gasteiger partial charge in [0.25, 0.3) is 29.5 Å². The van der Waals surface area contributed by atoms with Gasteiger partial charge in [0.1, 0.15) is 45.8 Å². The van der Waals surface area contributed by atoms with E-state index >= 15 is 0 Å². The predicted octanol–water partition coefficient (Wildman–Crippen LogP) is 10.4. The summed E-state index contributed by atoms with van der Waals surface area (Å²) in [4.78, 5) is 132. The zero-order valence-electron chi connectivity index (χ0n) is 80.0. The summed E-state index contributed by atoms with van der Waals surface area (Å²) in [5.74, 6) is -3.30. The standard InChI is InChI=1S/C27H26N6O2.C21H21BrN6O2.C14H18N6O.C10H10N4O2.C9H18N2O2.C7H5BrO2.C6H7BO2.C6H5BrN2O2/c1-32-16-22(15-30-32)21-13-24(25(28)29-14-21)26(34)31-23-11-12-33(17-23)27(35)20-9-7-19(8-10-20)18-5-3-2-4-6-18;1-27-11-15(10-25-27)14-8-18(19(23)24-9-14)20(29)26-17-6-7-28(12-17)21(30)13-2-4-16(22)5-3-13;1-20-8-10(6-18-20)9-4-12(13(15)17-5-9)14(21)19-11-2-3-16-7-11;1-14-5-7(4-13-14)6-2-8(10(15)16)9(11)12-3-6;1-9(2,3)13-8(12)11-5-4-7(10)6-11;8-6-3-1-5(2-4-6)7(9)10;8-7(9)6-4-2-1-3-5-6;7-3-1-4(6(10)11)5(8)9-2-3/h2-10,13-16,23H,11-12,17H2,1H3,(H2,28,29)(H,31,34);2-5,8-11,17H,6-7,12H2,1H3,(H2,23,24)(H,26,29);4-6,8,11,16H,2-3,7H2,1H3,(H2,15,17)(H,19,21);2-5H,1H3,(H2,11,12)(H,15,16);7H,4-6,10H2,1-3H3;1-4H,(H,9,10);1-5,8-9H;1-2H,(H2,8,9)(H,10,11)/t23-;17-;11-;;7-;;;/m111.1.../s1. The third-order valence-electron chi connectivity index (χ3n) is 22.3. The number of nitrogen functional groups attached to an aromatic ring is 5. The van der Waals surface area contributed by atoms with Gasteiger partial charge in [-0.15, -0.1) is 0 Å². The molecule has 0 bridgehead atoms. The molecule has 14 aromatic rings. The summed E-state index contributed by atoms with van der Waals surface area (Å²) in [5.41, 5.74) is 45.5.